The van der Waals surface area contributed by atoms with Gasteiger partial charge in [-0.1, -0.05) is 18.3 Å². The van der Waals surface area contributed by atoms with Crippen molar-refractivity contribution in [2.24, 2.45) is 5.73 Å². The van der Waals surface area contributed by atoms with Crippen molar-refractivity contribution in [1.82, 2.24) is 5.32 Å². The zero-order valence-electron chi connectivity index (χ0n) is 9.90. The lowest BCUT2D eigenvalue weighted by Gasteiger charge is -2.24. The first kappa shape index (κ1) is 13.4. The van der Waals surface area contributed by atoms with Crippen LogP contribution in [0.4, 0.5) is 10.1 Å². The SMILES string of the molecule is NC(=S)c1c(F)cccc1NC1CCC(=O)NC1=O. The number of nitrogens with one attached hydrogen (secondary N) is 2. The van der Waals surface area contributed by atoms with Crippen molar-refractivity contribution < 1.29 is 14.0 Å². The molecule has 4 N–H and O–H groups in total. The smallest absolute Gasteiger partial charge is 0.249 e. The number of imide groups is 1. The molecule has 0 bridgehead atoms. The van der Waals surface area contributed by atoms with E-state index in [4.69, 9.17) is 18.0 Å². The van der Waals surface area contributed by atoms with Crippen molar-refractivity contribution in [1.29, 1.82) is 0 Å². The molecule has 1 atom stereocenters. The molecule has 1 unspecified atom stereocenters. The third kappa shape index (κ3) is 2.87. The van der Waals surface area contributed by atoms with Gasteiger partial charge in [-0.05, 0) is 18.6 Å². The van der Waals surface area contributed by atoms with Crippen LogP contribution in [0.2, 0.25) is 0 Å². The second-order valence-electron chi connectivity index (χ2n) is 4.17. The summed E-state index contributed by atoms with van der Waals surface area (Å²) in [5.41, 5.74) is 5.89. The molecule has 0 aliphatic carbocycles. The molecule has 1 aliphatic heterocycles. The molecule has 1 fully saturated rings. The monoisotopic (exact) mass is 281 g/mol. The number of halogens is 1. The van der Waals surface area contributed by atoms with Crippen LogP contribution in [0.15, 0.2) is 18.2 Å². The number of anilines is 1. The van der Waals surface area contributed by atoms with Crippen molar-refractivity contribution >= 4 is 34.7 Å². The lowest BCUT2D eigenvalue weighted by atomic mass is 10.0. The zero-order chi connectivity index (χ0) is 14.0. The molecule has 5 nitrogen and oxygen atoms in total. The van der Waals surface area contributed by atoms with Gasteiger partial charge in [-0.2, -0.15) is 0 Å². The second-order valence-corrected chi connectivity index (χ2v) is 4.61. The minimum Gasteiger partial charge on any atom is -0.389 e. The minimum atomic E-state index is -0.604. The van der Waals surface area contributed by atoms with Crippen LogP contribution < -0.4 is 16.4 Å². The van der Waals surface area contributed by atoms with Crippen molar-refractivity contribution in [3.8, 4) is 0 Å². The molecular formula is C12H12FN3O2S. The first-order valence-corrected chi connectivity index (χ1v) is 6.08. The minimum absolute atomic E-state index is 0.0715. The fraction of sp³-hybridized carbons (Fsp3) is 0.250. The molecule has 0 spiro atoms. The molecular weight excluding hydrogens is 269 g/mol. The highest BCUT2D eigenvalue weighted by molar-refractivity contribution is 7.80. The number of thiocarbonyl (C=S) groups is 1. The van der Waals surface area contributed by atoms with E-state index >= 15 is 0 Å². The average Bonchev–Trinajstić information content (AvgIpc) is 2.32. The van der Waals surface area contributed by atoms with Gasteiger partial charge < -0.3 is 11.1 Å². The summed E-state index contributed by atoms with van der Waals surface area (Å²) in [6.07, 6.45) is 0.582. The van der Waals surface area contributed by atoms with Gasteiger partial charge >= 0.3 is 0 Å². The van der Waals surface area contributed by atoms with E-state index in [9.17, 15) is 14.0 Å². The number of hydrogen-bond acceptors (Lipinski definition) is 4. The van der Waals surface area contributed by atoms with Gasteiger partial charge in [0, 0.05) is 12.1 Å². The Morgan fingerprint density at radius 1 is 1.47 bits per heavy atom. The molecule has 0 aromatic heterocycles. The summed E-state index contributed by atoms with van der Waals surface area (Å²) in [5, 5.41) is 5.08. The van der Waals surface area contributed by atoms with Gasteiger partial charge in [0.05, 0.1) is 5.56 Å². The molecule has 19 heavy (non-hydrogen) atoms. The highest BCUT2D eigenvalue weighted by atomic mass is 32.1. The first-order valence-electron chi connectivity index (χ1n) is 5.67. The fourth-order valence-electron chi connectivity index (χ4n) is 1.91. The number of nitrogens with two attached hydrogens (primary N) is 1. The van der Waals surface area contributed by atoms with E-state index in [1.54, 1.807) is 6.07 Å². The van der Waals surface area contributed by atoms with Gasteiger partial charge in [-0.25, -0.2) is 4.39 Å². The van der Waals surface area contributed by atoms with Gasteiger partial charge in [-0.3, -0.25) is 14.9 Å². The lowest BCUT2D eigenvalue weighted by Crippen LogP contribution is -2.47. The van der Waals surface area contributed by atoms with Crippen LogP contribution in [0.3, 0.4) is 0 Å². The molecule has 100 valence electrons. The van der Waals surface area contributed by atoms with Crippen LogP contribution in [0.1, 0.15) is 18.4 Å². The standard InChI is InChI=1S/C12H12FN3O2S/c13-6-2-1-3-7(10(6)11(14)19)15-8-4-5-9(17)16-12(8)18/h1-3,8,15H,4-5H2,(H2,14,19)(H,16,17,18). The van der Waals surface area contributed by atoms with Gasteiger partial charge in [0.15, 0.2) is 0 Å². The summed E-state index contributed by atoms with van der Waals surface area (Å²) in [6.45, 7) is 0. The third-order valence-electron chi connectivity index (χ3n) is 2.83. The summed E-state index contributed by atoms with van der Waals surface area (Å²) in [6, 6.07) is 3.71. The maximum atomic E-state index is 13.7. The molecule has 1 saturated heterocycles. The predicted molar refractivity (Wildman–Crippen MR) is 72.1 cm³/mol. The largest absolute Gasteiger partial charge is 0.389 e. The van der Waals surface area contributed by atoms with Crippen molar-refractivity contribution in [3.63, 3.8) is 0 Å². The Balaban J connectivity index is 2.24. The maximum absolute atomic E-state index is 13.7. The summed E-state index contributed by atoms with van der Waals surface area (Å²) in [5.74, 6) is -1.30. The van der Waals surface area contributed by atoms with Gasteiger partial charge in [0.2, 0.25) is 11.8 Å². The van der Waals surface area contributed by atoms with Crippen molar-refractivity contribution in [2.45, 2.75) is 18.9 Å². The van der Waals surface area contributed by atoms with Crippen LogP contribution in [-0.2, 0) is 9.59 Å². The molecule has 1 aromatic rings. The van der Waals surface area contributed by atoms with E-state index in [1.165, 1.54) is 12.1 Å². The van der Waals surface area contributed by atoms with Crippen molar-refractivity contribution in [3.05, 3.63) is 29.6 Å². The number of amides is 2. The number of carbonyl (C=O) groups excluding carboxylic acids is 2. The molecule has 1 aromatic carbocycles. The van der Waals surface area contributed by atoms with E-state index in [0.717, 1.165) is 0 Å². The summed E-state index contributed by atoms with van der Waals surface area (Å²) in [4.78, 5) is 22.6. The van der Waals surface area contributed by atoms with Gasteiger partial charge in [-0.15, -0.1) is 0 Å². The quantitative estimate of drug-likeness (QED) is 0.560. The average molecular weight is 281 g/mol. The number of hydrogen-bond donors (Lipinski definition) is 3. The maximum Gasteiger partial charge on any atom is 0.249 e. The third-order valence-corrected chi connectivity index (χ3v) is 3.03. The van der Waals surface area contributed by atoms with E-state index in [1.807, 2.05) is 0 Å². The molecule has 1 heterocycles. The van der Waals surface area contributed by atoms with Gasteiger partial charge in [0.25, 0.3) is 0 Å². The summed E-state index contributed by atoms with van der Waals surface area (Å²) >= 11 is 4.80. The molecule has 2 amide bonds. The molecule has 0 saturated carbocycles. The number of piperidine rings is 1. The number of benzene rings is 1. The molecule has 0 radical (unpaired) electrons. The highest BCUT2D eigenvalue weighted by Crippen LogP contribution is 2.21. The van der Waals surface area contributed by atoms with Crippen LogP contribution in [-0.4, -0.2) is 22.8 Å². The van der Waals surface area contributed by atoms with E-state index in [-0.39, 0.29) is 22.9 Å². The molecule has 7 heteroatoms. The summed E-state index contributed by atoms with van der Waals surface area (Å²) in [7, 11) is 0. The first-order chi connectivity index (χ1) is 8.99. The van der Waals surface area contributed by atoms with Gasteiger partial charge in [0.1, 0.15) is 16.8 Å². The normalized spacial score (nSPS) is 18.9. The van der Waals surface area contributed by atoms with Crippen molar-refractivity contribution in [2.75, 3.05) is 5.32 Å². The zero-order valence-corrected chi connectivity index (χ0v) is 10.7. The van der Waals surface area contributed by atoms with E-state index < -0.39 is 17.8 Å². The summed E-state index contributed by atoms with van der Waals surface area (Å²) < 4.78 is 13.7. The predicted octanol–water partition coefficient (Wildman–Crippen LogP) is 0.677. The second kappa shape index (κ2) is 5.31. The molecule has 1 aliphatic rings. The highest BCUT2D eigenvalue weighted by Gasteiger charge is 2.27. The van der Waals surface area contributed by atoms with E-state index in [0.29, 0.717) is 12.1 Å². The Morgan fingerprint density at radius 3 is 2.84 bits per heavy atom. The topological polar surface area (TPSA) is 84.2 Å². The van der Waals surface area contributed by atoms with Crippen LogP contribution in [0.5, 0.6) is 0 Å². The van der Waals surface area contributed by atoms with Crippen LogP contribution >= 0.6 is 12.2 Å². The fourth-order valence-corrected chi connectivity index (χ4v) is 2.12. The Labute approximate surface area is 114 Å². The van der Waals surface area contributed by atoms with Crippen LogP contribution in [0.25, 0.3) is 0 Å². The Morgan fingerprint density at radius 2 is 2.21 bits per heavy atom. The Kier molecular flexibility index (Phi) is 3.75. The Bertz CT molecular complexity index is 562. The van der Waals surface area contributed by atoms with E-state index in [2.05, 4.69) is 10.6 Å². The van der Waals surface area contributed by atoms with Crippen LogP contribution in [0, 0.1) is 5.82 Å². The number of rotatable bonds is 3. The Hall–Kier alpha value is -2.02. The molecule has 2 rings (SSSR count). The lowest BCUT2D eigenvalue weighted by molar-refractivity contribution is -0.133. The number of carbonyl (C=O) groups is 2.